The van der Waals surface area contributed by atoms with Gasteiger partial charge in [0.15, 0.2) is 6.10 Å². The lowest BCUT2D eigenvalue weighted by atomic mass is 10.2. The topological polar surface area (TPSA) is 99.7 Å². The molecule has 182 valence electrons. The van der Waals surface area contributed by atoms with Crippen LogP contribution in [-0.4, -0.2) is 31.2 Å². The fraction of sp³-hybridized carbons (Fsp3) is 0.308. The van der Waals surface area contributed by atoms with Gasteiger partial charge in [-0.2, -0.15) is 9.50 Å². The molecule has 0 saturated heterocycles. The number of amides is 1. The summed E-state index contributed by atoms with van der Waals surface area (Å²) >= 11 is 0. The summed E-state index contributed by atoms with van der Waals surface area (Å²) in [5.41, 5.74) is 2.77. The molecular formula is C26H29N5O4. The minimum absolute atomic E-state index is 0.0760. The van der Waals surface area contributed by atoms with Crippen molar-refractivity contribution in [3.63, 3.8) is 0 Å². The van der Waals surface area contributed by atoms with Crippen LogP contribution in [0.25, 0.3) is 5.78 Å². The van der Waals surface area contributed by atoms with Crippen LogP contribution in [-0.2, 0) is 11.4 Å². The van der Waals surface area contributed by atoms with Gasteiger partial charge in [-0.3, -0.25) is 14.3 Å². The van der Waals surface area contributed by atoms with Crippen molar-refractivity contribution in [2.75, 3.05) is 5.32 Å². The Labute approximate surface area is 203 Å². The molecule has 0 saturated carbocycles. The van der Waals surface area contributed by atoms with Crippen molar-refractivity contribution in [1.82, 2.24) is 19.2 Å². The number of aryl methyl sites for hydroxylation is 2. The van der Waals surface area contributed by atoms with Gasteiger partial charge in [0.25, 0.3) is 17.2 Å². The number of benzene rings is 2. The van der Waals surface area contributed by atoms with Crippen molar-refractivity contribution in [2.45, 2.75) is 53.4 Å². The second-order valence-electron chi connectivity index (χ2n) is 8.75. The number of anilines is 1. The molecule has 4 aromatic rings. The fourth-order valence-corrected chi connectivity index (χ4v) is 3.59. The quantitative estimate of drug-likeness (QED) is 0.412. The Balaban J connectivity index is 1.44. The summed E-state index contributed by atoms with van der Waals surface area (Å²) in [5, 5.41) is 2.86. The zero-order valence-corrected chi connectivity index (χ0v) is 20.5. The van der Waals surface area contributed by atoms with Gasteiger partial charge in [0.1, 0.15) is 24.4 Å². The molecule has 0 bridgehead atoms. The van der Waals surface area contributed by atoms with Gasteiger partial charge < -0.3 is 14.8 Å². The van der Waals surface area contributed by atoms with Gasteiger partial charge in [0.2, 0.25) is 0 Å². The van der Waals surface area contributed by atoms with E-state index >= 15 is 0 Å². The minimum Gasteiger partial charge on any atom is -0.487 e. The molecule has 1 N–H and O–H groups in total. The van der Waals surface area contributed by atoms with Crippen LogP contribution < -0.4 is 20.3 Å². The Hall–Kier alpha value is -4.14. The van der Waals surface area contributed by atoms with E-state index in [9.17, 15) is 9.59 Å². The van der Waals surface area contributed by atoms with E-state index in [1.807, 2.05) is 58.0 Å². The van der Waals surface area contributed by atoms with Crippen LogP contribution in [0.1, 0.15) is 43.6 Å². The lowest BCUT2D eigenvalue weighted by Crippen LogP contribution is -2.30. The number of fused-ring (bicyclic) bond motifs is 1. The molecule has 9 heteroatoms. The first kappa shape index (κ1) is 24.0. The fourth-order valence-electron chi connectivity index (χ4n) is 3.59. The third-order valence-corrected chi connectivity index (χ3v) is 5.49. The number of hydrogen-bond acceptors (Lipinski definition) is 6. The molecule has 1 unspecified atom stereocenters. The molecule has 1 amide bonds. The average Bonchev–Trinajstić information content (AvgIpc) is 3.24. The third kappa shape index (κ3) is 5.51. The first-order valence-corrected chi connectivity index (χ1v) is 11.4. The van der Waals surface area contributed by atoms with Crippen molar-refractivity contribution in [3.8, 4) is 11.5 Å². The molecule has 0 radical (unpaired) electrons. The van der Waals surface area contributed by atoms with E-state index in [1.165, 1.54) is 10.6 Å². The Bertz CT molecular complexity index is 1420. The Morgan fingerprint density at radius 2 is 1.89 bits per heavy atom. The summed E-state index contributed by atoms with van der Waals surface area (Å²) in [6.07, 6.45) is 0.913. The SMILES string of the molecule is Cc1cccc(OC(C)C(=O)Nc2ccc(C)c(OCc3cc(=O)n4c(ncn4C(C)C)n3)c2)c1. The maximum absolute atomic E-state index is 12.7. The number of aromatic nitrogens is 4. The minimum atomic E-state index is -0.683. The van der Waals surface area contributed by atoms with Gasteiger partial charge in [0, 0.05) is 23.9 Å². The molecule has 4 rings (SSSR count). The zero-order valence-electron chi connectivity index (χ0n) is 20.5. The number of carbonyl (C=O) groups is 1. The van der Waals surface area contributed by atoms with Crippen molar-refractivity contribution >= 4 is 17.4 Å². The highest BCUT2D eigenvalue weighted by molar-refractivity contribution is 5.94. The molecule has 0 aliphatic rings. The molecule has 2 aromatic heterocycles. The first-order valence-electron chi connectivity index (χ1n) is 11.4. The van der Waals surface area contributed by atoms with Gasteiger partial charge in [-0.15, -0.1) is 0 Å². The molecule has 0 aliphatic heterocycles. The molecule has 1 atom stereocenters. The van der Waals surface area contributed by atoms with Crippen LogP contribution in [0.2, 0.25) is 0 Å². The Kier molecular flexibility index (Phi) is 6.86. The van der Waals surface area contributed by atoms with Crippen LogP contribution in [0.4, 0.5) is 5.69 Å². The maximum Gasteiger partial charge on any atom is 0.274 e. The number of hydrogen-bond donors (Lipinski definition) is 1. The maximum atomic E-state index is 12.7. The van der Waals surface area contributed by atoms with Crippen LogP contribution in [0.15, 0.2) is 59.7 Å². The number of carbonyl (C=O) groups excluding carboxylic acids is 1. The summed E-state index contributed by atoms with van der Waals surface area (Å²) < 4.78 is 14.9. The first-order chi connectivity index (χ1) is 16.7. The van der Waals surface area contributed by atoms with Gasteiger partial charge >= 0.3 is 0 Å². The second-order valence-corrected chi connectivity index (χ2v) is 8.75. The number of nitrogens with one attached hydrogen (secondary N) is 1. The highest BCUT2D eigenvalue weighted by Gasteiger charge is 2.16. The molecule has 2 aromatic carbocycles. The molecule has 35 heavy (non-hydrogen) atoms. The molecule has 9 nitrogen and oxygen atoms in total. The largest absolute Gasteiger partial charge is 0.487 e. The molecule has 0 aliphatic carbocycles. The number of nitrogens with zero attached hydrogens (tertiary/aromatic N) is 4. The van der Waals surface area contributed by atoms with E-state index in [4.69, 9.17) is 9.47 Å². The highest BCUT2D eigenvalue weighted by Crippen LogP contribution is 2.24. The lowest BCUT2D eigenvalue weighted by Gasteiger charge is -2.16. The highest BCUT2D eigenvalue weighted by atomic mass is 16.5. The van der Waals surface area contributed by atoms with E-state index < -0.39 is 6.10 Å². The number of rotatable bonds is 8. The molecular weight excluding hydrogens is 446 g/mol. The van der Waals surface area contributed by atoms with Gasteiger partial charge in [0.05, 0.1) is 5.69 Å². The third-order valence-electron chi connectivity index (χ3n) is 5.49. The average molecular weight is 476 g/mol. The second kappa shape index (κ2) is 10.0. The monoisotopic (exact) mass is 475 g/mol. The normalized spacial score (nSPS) is 12.1. The Morgan fingerprint density at radius 3 is 2.63 bits per heavy atom. The molecule has 0 fully saturated rings. The predicted octanol–water partition coefficient (Wildman–Crippen LogP) is 4.07. The predicted molar refractivity (Wildman–Crippen MR) is 133 cm³/mol. The van der Waals surface area contributed by atoms with Gasteiger partial charge in [-0.25, -0.2) is 4.98 Å². The van der Waals surface area contributed by atoms with E-state index in [1.54, 1.807) is 30.1 Å². The van der Waals surface area contributed by atoms with Crippen LogP contribution in [0.5, 0.6) is 11.5 Å². The smallest absolute Gasteiger partial charge is 0.274 e. The standard InChI is InChI=1S/C26H29N5O4/c1-16(2)30-15-27-26-29-21(13-24(32)31(26)30)14-34-23-12-20(10-9-18(23)4)28-25(33)19(5)35-22-8-6-7-17(3)11-22/h6-13,15-16,19H,14H2,1-5H3,(H,28,33). The van der Waals surface area contributed by atoms with Crippen LogP contribution in [0, 0.1) is 13.8 Å². The van der Waals surface area contributed by atoms with Gasteiger partial charge in [-0.05, 0) is 63.9 Å². The van der Waals surface area contributed by atoms with Crippen molar-refractivity contribution in [3.05, 3.63) is 82.0 Å². The van der Waals surface area contributed by atoms with E-state index in [0.717, 1.165) is 11.1 Å². The van der Waals surface area contributed by atoms with Crippen molar-refractivity contribution in [1.29, 1.82) is 0 Å². The van der Waals surface area contributed by atoms with Crippen LogP contribution >= 0.6 is 0 Å². The summed E-state index contributed by atoms with van der Waals surface area (Å²) in [6, 6.07) is 14.5. The van der Waals surface area contributed by atoms with Crippen molar-refractivity contribution in [2.24, 2.45) is 0 Å². The Morgan fingerprint density at radius 1 is 1.09 bits per heavy atom. The van der Waals surface area contributed by atoms with Crippen LogP contribution in [0.3, 0.4) is 0 Å². The molecule has 2 heterocycles. The van der Waals surface area contributed by atoms with E-state index in [2.05, 4.69) is 15.3 Å². The summed E-state index contributed by atoms with van der Waals surface area (Å²) in [6.45, 7) is 9.59. The molecule has 0 spiro atoms. The van der Waals surface area contributed by atoms with E-state index in [0.29, 0.717) is 28.7 Å². The van der Waals surface area contributed by atoms with E-state index in [-0.39, 0.29) is 24.1 Å². The summed E-state index contributed by atoms with van der Waals surface area (Å²) in [4.78, 5) is 33.9. The van der Waals surface area contributed by atoms with Crippen molar-refractivity contribution < 1.29 is 14.3 Å². The summed E-state index contributed by atoms with van der Waals surface area (Å²) in [5.74, 6) is 1.26. The summed E-state index contributed by atoms with van der Waals surface area (Å²) in [7, 11) is 0. The van der Waals surface area contributed by atoms with Gasteiger partial charge in [-0.1, -0.05) is 18.2 Å². The zero-order chi connectivity index (χ0) is 25.1. The number of ether oxygens (including phenoxy) is 2. The lowest BCUT2D eigenvalue weighted by molar-refractivity contribution is -0.122.